The van der Waals surface area contributed by atoms with Gasteiger partial charge in [0.05, 0.1) is 0 Å². The van der Waals surface area contributed by atoms with Crippen molar-refractivity contribution in [2.24, 2.45) is 0 Å². The average Bonchev–Trinajstić information content (AvgIpc) is 4.13. The SMILES string of the molecule is c1ccc(-c2cc(-c3ccccc3)cc(-c3c4ccccc4c(-c4ccc5c(c4)oc4cccc(-c6c7ccccc7c(-c7cc(-c8ccccc8)cc(-c8ccccc8)c7)c7ccccc67)c45)c4ccccc34)c2)cc1. The highest BCUT2D eigenvalue weighted by molar-refractivity contribution is 6.27. The van der Waals surface area contributed by atoms with Crippen LogP contribution >= 0.6 is 0 Å². The number of fused-ring (bicyclic) bond motifs is 7. The number of furan rings is 1. The van der Waals surface area contributed by atoms with Gasteiger partial charge in [0.1, 0.15) is 11.2 Å². The van der Waals surface area contributed by atoms with E-state index in [-0.39, 0.29) is 0 Å². The Bertz CT molecular complexity index is 4530. The first-order chi connectivity index (χ1) is 38.2. The second kappa shape index (κ2) is 18.4. The summed E-state index contributed by atoms with van der Waals surface area (Å²) in [7, 11) is 0. The molecule has 1 heterocycles. The maximum absolute atomic E-state index is 7.03. The molecule has 0 aliphatic carbocycles. The minimum Gasteiger partial charge on any atom is -0.456 e. The Labute approximate surface area is 447 Å². The summed E-state index contributed by atoms with van der Waals surface area (Å²) in [5.41, 5.74) is 20.8. The highest BCUT2D eigenvalue weighted by Gasteiger charge is 2.23. The van der Waals surface area contributed by atoms with Crippen LogP contribution in [0.15, 0.2) is 296 Å². The van der Waals surface area contributed by atoms with E-state index in [0.717, 1.165) is 33.1 Å². The van der Waals surface area contributed by atoms with Gasteiger partial charge in [0.25, 0.3) is 0 Å². The van der Waals surface area contributed by atoms with Gasteiger partial charge in [0.2, 0.25) is 0 Å². The first-order valence-electron chi connectivity index (χ1n) is 26.6. The zero-order chi connectivity index (χ0) is 50.8. The largest absolute Gasteiger partial charge is 0.456 e. The Morgan fingerprint density at radius 2 is 0.481 bits per heavy atom. The second-order valence-electron chi connectivity index (χ2n) is 20.2. The van der Waals surface area contributed by atoms with Gasteiger partial charge in [-0.2, -0.15) is 0 Å². The lowest BCUT2D eigenvalue weighted by atomic mass is 9.83. The van der Waals surface area contributed by atoms with Crippen LogP contribution in [0.5, 0.6) is 0 Å². The molecule has 0 N–H and O–H groups in total. The molecule has 15 rings (SSSR count). The van der Waals surface area contributed by atoms with E-state index in [0.29, 0.717) is 0 Å². The fourth-order valence-electron chi connectivity index (χ4n) is 12.4. The van der Waals surface area contributed by atoms with Crippen LogP contribution in [0.1, 0.15) is 0 Å². The summed E-state index contributed by atoms with van der Waals surface area (Å²) >= 11 is 0. The van der Waals surface area contributed by atoms with Gasteiger partial charge >= 0.3 is 0 Å². The monoisotopic (exact) mass is 976 g/mol. The molecular weight excluding hydrogens is 929 g/mol. The molecule has 77 heavy (non-hydrogen) atoms. The maximum atomic E-state index is 7.03. The first-order valence-corrected chi connectivity index (χ1v) is 26.6. The Morgan fingerprint density at radius 3 is 0.844 bits per heavy atom. The van der Waals surface area contributed by atoms with Crippen LogP contribution in [0.3, 0.4) is 0 Å². The molecule has 0 aliphatic rings. The zero-order valence-electron chi connectivity index (χ0n) is 42.1. The van der Waals surface area contributed by atoms with E-state index in [2.05, 4.69) is 291 Å². The number of rotatable bonds is 8. The molecule has 0 spiro atoms. The van der Waals surface area contributed by atoms with Crippen molar-refractivity contribution < 1.29 is 4.42 Å². The third kappa shape index (κ3) is 7.55. The lowest BCUT2D eigenvalue weighted by Gasteiger charge is -2.19. The van der Waals surface area contributed by atoms with E-state index in [4.69, 9.17) is 4.42 Å². The minimum absolute atomic E-state index is 0.863. The molecule has 0 amide bonds. The molecule has 1 nitrogen and oxygen atoms in total. The van der Waals surface area contributed by atoms with Crippen LogP contribution in [-0.2, 0) is 0 Å². The van der Waals surface area contributed by atoms with E-state index in [1.54, 1.807) is 0 Å². The molecular formula is C76H48O. The molecule has 15 aromatic rings. The molecule has 0 saturated carbocycles. The molecule has 1 aromatic heterocycles. The predicted octanol–water partition coefficient (Wildman–Crippen LogP) is 21.5. The standard InChI is InChI=1S/C76H48O/c1-5-22-49(23-6-1)54-42-55(50-24-7-2-8-25-50)45-58(44-54)73-62-32-15-13-30-60(62)72(61-31-14-16-33-63(61)73)53-40-41-68-71(48-53)77-70-39-21-38-69(76(68)70)75-66-36-19-17-34-64(66)74(65-35-18-20-37-67(65)75)59-46-56(51-26-9-3-10-27-51)43-57(47-59)52-28-11-4-12-29-52/h1-48H. The third-order valence-electron chi connectivity index (χ3n) is 15.8. The lowest BCUT2D eigenvalue weighted by Crippen LogP contribution is -1.93. The van der Waals surface area contributed by atoms with Gasteiger partial charge in [0, 0.05) is 10.8 Å². The van der Waals surface area contributed by atoms with Gasteiger partial charge in [-0.05, 0) is 187 Å². The molecule has 0 aliphatic heterocycles. The molecule has 0 atom stereocenters. The molecule has 1 heteroatoms. The summed E-state index contributed by atoms with van der Waals surface area (Å²) in [6.07, 6.45) is 0. The predicted molar refractivity (Wildman–Crippen MR) is 327 cm³/mol. The van der Waals surface area contributed by atoms with Gasteiger partial charge in [0.15, 0.2) is 0 Å². The first kappa shape index (κ1) is 44.4. The van der Waals surface area contributed by atoms with Crippen molar-refractivity contribution in [1.29, 1.82) is 0 Å². The fraction of sp³-hybridized carbons (Fsp3) is 0. The molecule has 358 valence electrons. The van der Waals surface area contributed by atoms with Crippen LogP contribution in [0, 0.1) is 0 Å². The zero-order valence-corrected chi connectivity index (χ0v) is 42.1. The summed E-state index contributed by atoms with van der Waals surface area (Å²) in [6, 6.07) is 106. The number of benzene rings is 14. The molecule has 0 saturated heterocycles. The van der Waals surface area contributed by atoms with Gasteiger partial charge in [-0.25, -0.2) is 0 Å². The molecule has 0 radical (unpaired) electrons. The quantitative estimate of drug-likeness (QED) is 0.138. The number of hydrogen-bond donors (Lipinski definition) is 0. The van der Waals surface area contributed by atoms with Crippen molar-refractivity contribution in [3.63, 3.8) is 0 Å². The Balaban J connectivity index is 0.922. The van der Waals surface area contributed by atoms with Gasteiger partial charge in [-0.3, -0.25) is 0 Å². The second-order valence-corrected chi connectivity index (χ2v) is 20.2. The summed E-state index contributed by atoms with van der Waals surface area (Å²) in [5.74, 6) is 0. The minimum atomic E-state index is 0.863. The van der Waals surface area contributed by atoms with Crippen molar-refractivity contribution in [3.05, 3.63) is 291 Å². The maximum Gasteiger partial charge on any atom is 0.136 e. The van der Waals surface area contributed by atoms with Crippen LogP contribution < -0.4 is 0 Å². The van der Waals surface area contributed by atoms with E-state index in [9.17, 15) is 0 Å². The van der Waals surface area contributed by atoms with Gasteiger partial charge < -0.3 is 4.42 Å². The molecule has 0 unspecified atom stereocenters. The average molecular weight is 977 g/mol. The summed E-state index contributed by atoms with van der Waals surface area (Å²) in [5, 5.41) is 11.9. The van der Waals surface area contributed by atoms with E-state index in [1.807, 2.05) is 0 Å². The highest BCUT2D eigenvalue weighted by atomic mass is 16.3. The Hall–Kier alpha value is -10.1. The topological polar surface area (TPSA) is 13.1 Å². The van der Waals surface area contributed by atoms with Crippen molar-refractivity contribution in [2.75, 3.05) is 0 Å². The highest BCUT2D eigenvalue weighted by Crippen LogP contribution is 2.50. The van der Waals surface area contributed by atoms with Crippen molar-refractivity contribution in [3.8, 4) is 89.0 Å². The Morgan fingerprint density at radius 1 is 0.169 bits per heavy atom. The van der Waals surface area contributed by atoms with Crippen molar-refractivity contribution in [2.45, 2.75) is 0 Å². The Kier molecular flexibility index (Phi) is 10.6. The third-order valence-corrected chi connectivity index (χ3v) is 15.8. The van der Waals surface area contributed by atoms with E-state index < -0.39 is 0 Å². The summed E-state index contributed by atoms with van der Waals surface area (Å²) in [6.45, 7) is 0. The molecule has 0 fully saturated rings. The van der Waals surface area contributed by atoms with E-state index in [1.165, 1.54) is 121 Å². The van der Waals surface area contributed by atoms with Crippen LogP contribution in [-0.4, -0.2) is 0 Å². The number of hydrogen-bond acceptors (Lipinski definition) is 1. The molecule has 0 bridgehead atoms. The van der Waals surface area contributed by atoms with Gasteiger partial charge in [-0.1, -0.05) is 237 Å². The van der Waals surface area contributed by atoms with Crippen LogP contribution in [0.4, 0.5) is 0 Å². The summed E-state index contributed by atoms with van der Waals surface area (Å²) in [4.78, 5) is 0. The fourth-order valence-corrected chi connectivity index (χ4v) is 12.4. The van der Waals surface area contributed by atoms with Crippen molar-refractivity contribution >= 4 is 65.0 Å². The van der Waals surface area contributed by atoms with E-state index >= 15 is 0 Å². The smallest absolute Gasteiger partial charge is 0.136 e. The lowest BCUT2D eigenvalue weighted by molar-refractivity contribution is 0.669. The van der Waals surface area contributed by atoms with Crippen molar-refractivity contribution in [1.82, 2.24) is 0 Å². The normalized spacial score (nSPS) is 11.6. The molecule has 14 aromatic carbocycles. The summed E-state index contributed by atoms with van der Waals surface area (Å²) < 4.78 is 7.03. The van der Waals surface area contributed by atoms with Crippen LogP contribution in [0.2, 0.25) is 0 Å². The van der Waals surface area contributed by atoms with Crippen LogP contribution in [0.25, 0.3) is 154 Å². The van der Waals surface area contributed by atoms with Gasteiger partial charge in [-0.15, -0.1) is 0 Å².